The first-order valence-electron chi connectivity index (χ1n) is 13.8. The third-order valence-electron chi connectivity index (χ3n) is 6.55. The van der Waals surface area contributed by atoms with Gasteiger partial charge in [-0.15, -0.1) is 0 Å². The van der Waals surface area contributed by atoms with Gasteiger partial charge in [0.05, 0.1) is 16.8 Å². The van der Waals surface area contributed by atoms with Crippen LogP contribution in [0.2, 0.25) is 0 Å². The van der Waals surface area contributed by atoms with Gasteiger partial charge in [0.25, 0.3) is 0 Å². The van der Waals surface area contributed by atoms with Crippen LogP contribution in [0, 0.1) is 11.6 Å². The van der Waals surface area contributed by atoms with E-state index in [0.29, 0.717) is 5.84 Å². The van der Waals surface area contributed by atoms with E-state index >= 15 is 0 Å². The summed E-state index contributed by atoms with van der Waals surface area (Å²) < 4.78 is 114. The molecule has 0 amide bonds. The number of pyridine rings is 1. The third kappa shape index (κ3) is 9.25. The van der Waals surface area contributed by atoms with Gasteiger partial charge in [-0.05, 0) is 43.3 Å². The van der Waals surface area contributed by atoms with Crippen molar-refractivity contribution in [3.8, 4) is 0 Å². The average molecular weight is 642 g/mol. The zero-order chi connectivity index (χ0) is 33.4. The molecule has 6 nitrogen and oxygen atoms in total. The Bertz CT molecular complexity index is 1530. The van der Waals surface area contributed by atoms with Crippen molar-refractivity contribution in [2.24, 2.45) is 9.98 Å². The fraction of sp³-hybridized carbons (Fsp3) is 0.323. The summed E-state index contributed by atoms with van der Waals surface area (Å²) >= 11 is 0. The number of rotatable bonds is 5. The third-order valence-corrected chi connectivity index (χ3v) is 6.55. The number of aliphatic imine (C=N–C) groups is 2. The Balaban J connectivity index is 0.00000271. The van der Waals surface area contributed by atoms with Crippen molar-refractivity contribution >= 4 is 23.4 Å². The van der Waals surface area contributed by atoms with Crippen molar-refractivity contribution in [3.63, 3.8) is 0 Å². The predicted molar refractivity (Wildman–Crippen MR) is 157 cm³/mol. The number of piperazine rings is 1. The van der Waals surface area contributed by atoms with Gasteiger partial charge in [0.15, 0.2) is 11.6 Å². The second-order valence-corrected chi connectivity index (χ2v) is 9.42. The van der Waals surface area contributed by atoms with E-state index in [1.807, 2.05) is 13.8 Å². The molecule has 0 atom stereocenters. The lowest BCUT2D eigenvalue weighted by Crippen LogP contribution is -2.49. The molecule has 45 heavy (non-hydrogen) atoms. The lowest BCUT2D eigenvalue weighted by Gasteiger charge is -2.37. The highest BCUT2D eigenvalue weighted by atomic mass is 19.4. The van der Waals surface area contributed by atoms with Crippen LogP contribution in [-0.4, -0.2) is 47.9 Å². The van der Waals surface area contributed by atoms with Gasteiger partial charge in [-0.25, -0.2) is 13.8 Å². The molecule has 0 N–H and O–H groups in total. The lowest BCUT2D eigenvalue weighted by atomic mass is 10.1. The molecule has 2 heterocycles. The molecular weight excluding hydrogens is 610 g/mol. The van der Waals surface area contributed by atoms with E-state index in [1.165, 1.54) is 41.4 Å². The van der Waals surface area contributed by atoms with E-state index in [9.17, 15) is 35.1 Å². The summed E-state index contributed by atoms with van der Waals surface area (Å²) in [6, 6.07) is 9.45. The van der Waals surface area contributed by atoms with Crippen LogP contribution in [-0.2, 0) is 23.7 Å². The minimum Gasteiger partial charge on any atom is -0.459 e. The quantitative estimate of drug-likeness (QED) is 0.160. The maximum atomic E-state index is 13.8. The Hall–Kier alpha value is -4.49. The van der Waals surface area contributed by atoms with Crippen LogP contribution in [0.1, 0.15) is 43.0 Å². The molecule has 0 spiro atoms. The number of amidine groups is 2. The minimum atomic E-state index is -4.65. The van der Waals surface area contributed by atoms with E-state index in [2.05, 4.69) is 21.5 Å². The molecule has 1 fully saturated rings. The van der Waals surface area contributed by atoms with E-state index in [-0.39, 0.29) is 48.8 Å². The molecule has 0 unspecified atom stereocenters. The Morgan fingerprint density at radius 3 is 2.09 bits per heavy atom. The Kier molecular flexibility index (Phi) is 11.7. The largest absolute Gasteiger partial charge is 0.459 e. The summed E-state index contributed by atoms with van der Waals surface area (Å²) in [4.78, 5) is 15.6. The Morgan fingerprint density at radius 2 is 1.47 bits per heavy atom. The van der Waals surface area contributed by atoms with Crippen molar-refractivity contribution in [2.45, 2.75) is 39.7 Å². The van der Waals surface area contributed by atoms with Gasteiger partial charge in [0.1, 0.15) is 18.3 Å². The van der Waals surface area contributed by atoms with Gasteiger partial charge in [0.2, 0.25) is 0 Å². The van der Waals surface area contributed by atoms with E-state index < -0.39 is 47.7 Å². The summed E-state index contributed by atoms with van der Waals surface area (Å²) in [6.07, 6.45) is -7.95. The fourth-order valence-corrected chi connectivity index (χ4v) is 4.33. The van der Waals surface area contributed by atoms with Crippen molar-refractivity contribution < 1.29 is 39.9 Å². The summed E-state index contributed by atoms with van der Waals surface area (Å²) in [6.45, 7) is 9.51. The van der Waals surface area contributed by atoms with E-state index in [0.717, 1.165) is 24.3 Å². The van der Waals surface area contributed by atoms with Crippen molar-refractivity contribution in [3.05, 3.63) is 101 Å². The molecule has 3 aromatic rings. The number of anilines is 1. The number of benzene rings is 2. The second kappa shape index (κ2) is 15.0. The maximum Gasteiger partial charge on any atom is 0.419 e. The predicted octanol–water partition coefficient (Wildman–Crippen LogP) is 8.21. The first-order chi connectivity index (χ1) is 21.2. The van der Waals surface area contributed by atoms with Crippen LogP contribution in [0.25, 0.3) is 5.70 Å². The zero-order valence-electron chi connectivity index (χ0n) is 24.7. The van der Waals surface area contributed by atoms with Crippen molar-refractivity contribution in [1.29, 1.82) is 0 Å². The number of halogens is 8. The number of nitrogens with zero attached hydrogens (tertiary/aromatic N) is 5. The highest BCUT2D eigenvalue weighted by Gasteiger charge is 2.36. The number of hydrogen-bond acceptors (Lipinski definition) is 4. The number of hydrogen-bond donors (Lipinski definition) is 0. The summed E-state index contributed by atoms with van der Waals surface area (Å²) in [5.41, 5.74) is -1.99. The monoisotopic (exact) mass is 641 g/mol. The highest BCUT2D eigenvalue weighted by molar-refractivity contribution is 5.94. The molecule has 14 heteroatoms. The molecule has 0 radical (unpaired) electrons. The molecule has 1 aromatic heterocycles. The fourth-order valence-electron chi connectivity index (χ4n) is 4.33. The normalized spacial score (nSPS) is 14.6. The first-order valence-corrected chi connectivity index (χ1v) is 13.8. The van der Waals surface area contributed by atoms with E-state index in [4.69, 9.17) is 4.74 Å². The van der Waals surface area contributed by atoms with Gasteiger partial charge >= 0.3 is 18.4 Å². The molecule has 0 saturated carbocycles. The van der Waals surface area contributed by atoms with Gasteiger partial charge in [0, 0.05) is 43.5 Å². The van der Waals surface area contributed by atoms with Gasteiger partial charge < -0.3 is 14.5 Å². The van der Waals surface area contributed by atoms with Crippen LogP contribution in [0.5, 0.6) is 0 Å². The van der Waals surface area contributed by atoms with E-state index in [1.54, 1.807) is 11.8 Å². The SMILES string of the molecule is C=C(N=C(/N=C(\C)N1CCN(c2ncccc2C(F)(F)F)CC1)OCc1ccccc1C(F)(F)F)c1ccc(F)c(F)c1.CC. The molecule has 0 bridgehead atoms. The second-order valence-electron chi connectivity index (χ2n) is 9.42. The van der Waals surface area contributed by atoms with Crippen LogP contribution < -0.4 is 4.90 Å². The van der Waals surface area contributed by atoms with Crippen molar-refractivity contribution in [2.75, 3.05) is 31.1 Å². The topological polar surface area (TPSA) is 53.3 Å². The molecule has 1 saturated heterocycles. The Morgan fingerprint density at radius 1 is 0.844 bits per heavy atom. The summed E-state index contributed by atoms with van der Waals surface area (Å²) in [5.74, 6) is -2.14. The molecule has 1 aliphatic heterocycles. The molecule has 1 aliphatic rings. The molecule has 0 aliphatic carbocycles. The van der Waals surface area contributed by atoms with Crippen molar-refractivity contribution in [1.82, 2.24) is 9.88 Å². The van der Waals surface area contributed by atoms with Crippen LogP contribution in [0.4, 0.5) is 40.9 Å². The molecule has 242 valence electrons. The maximum absolute atomic E-state index is 13.8. The number of ether oxygens (including phenoxy) is 1. The number of aromatic nitrogens is 1. The standard InChI is InChI=1S/C29H25F8N5O.C2H6/c1-18(20-9-10-24(30)25(31)16-20)39-27(43-17-21-6-3-4-7-22(21)28(32,33)34)40-19(2)41-12-14-42(15-13-41)26-23(29(35,36)37)8-5-11-38-26;1-2/h3-11,16H,1,12-15,17H2,2H3;1-2H3/b39-27?,40-19+;. The zero-order valence-corrected chi connectivity index (χ0v) is 24.7. The number of alkyl halides is 6. The van der Waals surface area contributed by atoms with Gasteiger partial charge in [-0.2, -0.15) is 36.3 Å². The van der Waals surface area contributed by atoms with Crippen LogP contribution >= 0.6 is 0 Å². The smallest absolute Gasteiger partial charge is 0.419 e. The van der Waals surface area contributed by atoms with Gasteiger partial charge in [-0.3, -0.25) is 0 Å². The Labute approximate surface area is 255 Å². The van der Waals surface area contributed by atoms with Crippen LogP contribution in [0.15, 0.2) is 77.4 Å². The summed E-state index contributed by atoms with van der Waals surface area (Å²) in [5, 5.41) is 0. The van der Waals surface area contributed by atoms with Gasteiger partial charge in [-0.1, -0.05) is 38.6 Å². The molecule has 4 rings (SSSR count). The highest BCUT2D eigenvalue weighted by Crippen LogP contribution is 2.35. The molecular formula is C31H31F8N5O. The summed E-state index contributed by atoms with van der Waals surface area (Å²) in [7, 11) is 0. The average Bonchev–Trinajstić information content (AvgIpc) is 3.01. The van der Waals surface area contributed by atoms with Crippen LogP contribution in [0.3, 0.4) is 0 Å². The lowest BCUT2D eigenvalue weighted by molar-refractivity contribution is -0.139. The first kappa shape index (κ1) is 35.0. The minimum absolute atomic E-state index is 0.0768. The molecule has 2 aromatic carbocycles.